The molecule has 2 fully saturated rings. The van der Waals surface area contributed by atoms with Gasteiger partial charge in [-0.25, -0.2) is 4.98 Å². The second-order valence-corrected chi connectivity index (χ2v) is 16.3. The Balaban J connectivity index is 1.31. The molecule has 306 valence electrons. The summed E-state index contributed by atoms with van der Waals surface area (Å²) in [5.74, 6) is 1.23. The zero-order valence-electron chi connectivity index (χ0n) is 34.3. The normalized spacial score (nSPS) is 21.0. The maximum absolute atomic E-state index is 13.2. The monoisotopic (exact) mass is 753 g/mol. The van der Waals surface area contributed by atoms with Crippen LogP contribution in [0.3, 0.4) is 0 Å². The summed E-state index contributed by atoms with van der Waals surface area (Å²) in [5, 5.41) is 0. The van der Waals surface area contributed by atoms with Crippen molar-refractivity contribution in [1.29, 1.82) is 0 Å². The number of rotatable bonds is 29. The molecular weight excluding hydrogens is 677 g/mol. The number of aromatic nitrogens is 2. The van der Waals surface area contributed by atoms with Crippen LogP contribution in [0.2, 0.25) is 0 Å². The van der Waals surface area contributed by atoms with Gasteiger partial charge in [-0.05, 0) is 101 Å². The highest BCUT2D eigenvalue weighted by Gasteiger charge is 2.33. The number of carbonyl (C=O) groups is 3. The van der Waals surface area contributed by atoms with E-state index < -0.39 is 5.92 Å². The molecule has 1 heterocycles. The number of unbranched alkanes of at least 4 members (excludes halogenated alkanes) is 10. The molecular formula is C46H76N2O6. The number of hydrogen-bond donors (Lipinski definition) is 1. The average molecular weight is 753 g/mol. The highest BCUT2D eigenvalue weighted by atomic mass is 16.6. The third-order valence-corrected chi connectivity index (χ3v) is 11.8. The standard InChI is InChI=1S/C46H76N2O6/c1-3-5-7-8-9-10-11-12-13-14-15-16-17-18-20-22-44(49)52-34-39(35-53-45(50)32-31-43-33-47-37-48-43)36-54-46(51)42-29-27-41(28-30-42)40-25-23-38(24-26-40)21-19-6-4-2/h9-10,12-13,33,37-42H,3-8,11,14-32,34-36H2,1-2H3,(H,47,48)/b10-9-,13-12-. The summed E-state index contributed by atoms with van der Waals surface area (Å²) in [6.45, 7) is 4.70. The predicted molar refractivity (Wildman–Crippen MR) is 218 cm³/mol. The number of H-pyrrole nitrogens is 1. The molecule has 0 spiro atoms. The first-order valence-electron chi connectivity index (χ1n) is 22.2. The van der Waals surface area contributed by atoms with E-state index in [0.29, 0.717) is 12.8 Å². The lowest BCUT2D eigenvalue weighted by Crippen LogP contribution is -2.31. The molecule has 0 saturated heterocycles. The van der Waals surface area contributed by atoms with Gasteiger partial charge in [0.25, 0.3) is 0 Å². The lowest BCUT2D eigenvalue weighted by molar-refractivity contribution is -0.156. The molecule has 1 unspecified atom stereocenters. The van der Waals surface area contributed by atoms with Crippen LogP contribution in [0.1, 0.15) is 180 Å². The van der Waals surface area contributed by atoms with E-state index in [1.165, 1.54) is 83.5 Å². The number of esters is 3. The number of ether oxygens (including phenoxy) is 3. The summed E-state index contributed by atoms with van der Waals surface area (Å²) in [7, 11) is 0. The van der Waals surface area contributed by atoms with E-state index in [1.54, 1.807) is 12.5 Å². The summed E-state index contributed by atoms with van der Waals surface area (Å²) in [4.78, 5) is 45.3. The molecule has 2 saturated carbocycles. The van der Waals surface area contributed by atoms with Gasteiger partial charge >= 0.3 is 17.9 Å². The van der Waals surface area contributed by atoms with Gasteiger partial charge in [0.05, 0.1) is 24.6 Å². The largest absolute Gasteiger partial charge is 0.465 e. The van der Waals surface area contributed by atoms with E-state index in [-0.39, 0.29) is 50.1 Å². The summed E-state index contributed by atoms with van der Waals surface area (Å²) in [5.41, 5.74) is 0.865. The van der Waals surface area contributed by atoms with Crippen molar-refractivity contribution in [1.82, 2.24) is 9.97 Å². The van der Waals surface area contributed by atoms with Crippen molar-refractivity contribution in [2.45, 2.75) is 181 Å². The first-order chi connectivity index (χ1) is 26.5. The van der Waals surface area contributed by atoms with Crippen LogP contribution in [0.25, 0.3) is 0 Å². The van der Waals surface area contributed by atoms with Gasteiger partial charge in [0.2, 0.25) is 0 Å². The molecule has 2 aliphatic carbocycles. The minimum absolute atomic E-state index is 0.0416. The SMILES string of the molecule is CCCCC/C=C\C/C=C\CCCCCCCC(=O)OCC(COC(=O)CCc1cnc[nH]1)COC(=O)C1CCC(C2CCC(CCCCC)CC2)CC1. The molecule has 0 bridgehead atoms. The van der Waals surface area contributed by atoms with E-state index in [0.717, 1.165) is 87.7 Å². The fourth-order valence-electron chi connectivity index (χ4n) is 8.22. The molecule has 8 nitrogen and oxygen atoms in total. The van der Waals surface area contributed by atoms with Crippen molar-refractivity contribution in [2.75, 3.05) is 19.8 Å². The van der Waals surface area contributed by atoms with E-state index in [4.69, 9.17) is 14.2 Å². The van der Waals surface area contributed by atoms with Gasteiger partial charge in [0.1, 0.15) is 19.8 Å². The van der Waals surface area contributed by atoms with Crippen molar-refractivity contribution in [3.63, 3.8) is 0 Å². The number of hydrogen-bond acceptors (Lipinski definition) is 7. The van der Waals surface area contributed by atoms with E-state index in [2.05, 4.69) is 48.1 Å². The Labute approximate surface area is 328 Å². The van der Waals surface area contributed by atoms with Crippen molar-refractivity contribution >= 4 is 17.9 Å². The lowest BCUT2D eigenvalue weighted by Gasteiger charge is -2.37. The molecule has 0 radical (unpaired) electrons. The zero-order chi connectivity index (χ0) is 38.5. The number of allylic oxidation sites excluding steroid dienone is 4. The van der Waals surface area contributed by atoms with Gasteiger partial charge in [-0.3, -0.25) is 14.4 Å². The van der Waals surface area contributed by atoms with E-state index in [9.17, 15) is 14.4 Å². The highest BCUT2D eigenvalue weighted by molar-refractivity contribution is 5.72. The van der Waals surface area contributed by atoms with Gasteiger partial charge in [0, 0.05) is 18.3 Å². The molecule has 0 aliphatic heterocycles. The number of aromatic amines is 1. The molecule has 1 atom stereocenters. The van der Waals surface area contributed by atoms with E-state index in [1.807, 2.05) is 0 Å². The number of carbonyl (C=O) groups excluding carboxylic acids is 3. The molecule has 54 heavy (non-hydrogen) atoms. The third kappa shape index (κ3) is 20.7. The molecule has 2 aliphatic rings. The maximum atomic E-state index is 13.2. The van der Waals surface area contributed by atoms with Gasteiger partial charge in [-0.2, -0.15) is 0 Å². The minimum atomic E-state index is -0.401. The first kappa shape index (κ1) is 45.5. The van der Waals surface area contributed by atoms with Crippen molar-refractivity contribution in [2.24, 2.45) is 29.6 Å². The number of nitrogens with zero attached hydrogens (tertiary/aromatic N) is 1. The predicted octanol–water partition coefficient (Wildman–Crippen LogP) is 11.6. The molecule has 1 N–H and O–H groups in total. The molecule has 8 heteroatoms. The second-order valence-electron chi connectivity index (χ2n) is 16.3. The minimum Gasteiger partial charge on any atom is -0.465 e. The molecule has 0 amide bonds. The fraction of sp³-hybridized carbons (Fsp3) is 0.783. The van der Waals surface area contributed by atoms with Gasteiger partial charge < -0.3 is 19.2 Å². The topological polar surface area (TPSA) is 108 Å². The number of imidazole rings is 1. The van der Waals surface area contributed by atoms with Crippen molar-refractivity contribution < 1.29 is 28.6 Å². The van der Waals surface area contributed by atoms with Crippen molar-refractivity contribution in [3.8, 4) is 0 Å². The molecule has 1 aromatic heterocycles. The summed E-state index contributed by atoms with van der Waals surface area (Å²) in [6.07, 6.45) is 40.8. The number of aryl methyl sites for hydroxylation is 1. The average Bonchev–Trinajstić information content (AvgIpc) is 3.72. The van der Waals surface area contributed by atoms with Crippen LogP contribution in [-0.4, -0.2) is 47.7 Å². The van der Waals surface area contributed by atoms with Gasteiger partial charge in [0.15, 0.2) is 0 Å². The molecule has 0 aromatic carbocycles. The van der Waals surface area contributed by atoms with Crippen LogP contribution < -0.4 is 0 Å². The van der Waals surface area contributed by atoms with Crippen LogP contribution in [-0.2, 0) is 35.0 Å². The number of nitrogens with one attached hydrogen (secondary N) is 1. The Kier molecular flexibility index (Phi) is 24.8. The smallest absolute Gasteiger partial charge is 0.308 e. The summed E-state index contributed by atoms with van der Waals surface area (Å²) in [6, 6.07) is 0. The summed E-state index contributed by atoms with van der Waals surface area (Å²) >= 11 is 0. The zero-order valence-corrected chi connectivity index (χ0v) is 34.3. The lowest BCUT2D eigenvalue weighted by atomic mass is 9.68. The van der Waals surface area contributed by atoms with Gasteiger partial charge in [-0.1, -0.05) is 109 Å². The van der Waals surface area contributed by atoms with Crippen LogP contribution >= 0.6 is 0 Å². The maximum Gasteiger partial charge on any atom is 0.308 e. The van der Waals surface area contributed by atoms with Crippen LogP contribution in [0.15, 0.2) is 36.8 Å². The fourth-order valence-corrected chi connectivity index (χ4v) is 8.22. The van der Waals surface area contributed by atoms with Crippen molar-refractivity contribution in [3.05, 3.63) is 42.5 Å². The Bertz CT molecular complexity index is 1160. The van der Waals surface area contributed by atoms with Crippen LogP contribution in [0.5, 0.6) is 0 Å². The molecule has 3 rings (SSSR count). The highest BCUT2D eigenvalue weighted by Crippen LogP contribution is 2.42. The second kappa shape index (κ2) is 29.4. The molecule has 1 aromatic rings. The quantitative estimate of drug-likeness (QED) is 0.0376. The Morgan fingerprint density at radius 2 is 1.26 bits per heavy atom. The first-order valence-corrected chi connectivity index (χ1v) is 22.2. The Morgan fingerprint density at radius 1 is 0.685 bits per heavy atom. The Hall–Kier alpha value is -2.90. The Morgan fingerprint density at radius 3 is 1.91 bits per heavy atom. The van der Waals surface area contributed by atoms with Crippen LogP contribution in [0.4, 0.5) is 0 Å². The third-order valence-electron chi connectivity index (χ3n) is 11.8. The van der Waals surface area contributed by atoms with E-state index >= 15 is 0 Å². The van der Waals surface area contributed by atoms with Crippen LogP contribution in [0, 0.1) is 29.6 Å². The van der Waals surface area contributed by atoms with Gasteiger partial charge in [-0.15, -0.1) is 0 Å². The summed E-state index contributed by atoms with van der Waals surface area (Å²) < 4.78 is 17.0.